The maximum Gasteiger partial charge on any atom is 0.237 e. The second-order valence-corrected chi connectivity index (χ2v) is 3.29. The van der Waals surface area contributed by atoms with Crippen LogP contribution in [-0.4, -0.2) is 48.2 Å². The van der Waals surface area contributed by atoms with E-state index in [0.29, 0.717) is 0 Å². The number of hydrogen-bond acceptors (Lipinski definition) is 3. The van der Waals surface area contributed by atoms with Gasteiger partial charge in [0.1, 0.15) is 0 Å². The third kappa shape index (κ3) is 3.77. The van der Waals surface area contributed by atoms with Crippen LogP contribution in [0.3, 0.4) is 0 Å². The smallest absolute Gasteiger partial charge is 0.237 e. The third-order valence-corrected chi connectivity index (χ3v) is 2.31. The largest absolute Gasteiger partial charge is 0.395 e. The van der Waals surface area contributed by atoms with Gasteiger partial charge in [0.15, 0.2) is 0 Å². The number of rotatable bonds is 5. The molecule has 0 heterocycles. The van der Waals surface area contributed by atoms with E-state index in [4.69, 9.17) is 11.5 Å². The normalized spacial score (nSPS) is 14.6. The average molecular weight is 198 g/mol. The van der Waals surface area contributed by atoms with Crippen molar-refractivity contribution in [2.75, 3.05) is 20.2 Å². The zero-order chi connectivity index (χ0) is 11.1. The molecule has 0 saturated heterocycles. The summed E-state index contributed by atoms with van der Waals surface area (Å²) in [5.74, 6) is 2.22. The Bertz CT molecular complexity index is 223. The van der Waals surface area contributed by atoms with Gasteiger partial charge in [0.25, 0.3) is 0 Å². The summed E-state index contributed by atoms with van der Waals surface area (Å²) in [6.07, 6.45) is 5.02. The highest BCUT2D eigenvalue weighted by Gasteiger charge is 2.20. The zero-order valence-corrected chi connectivity index (χ0v) is 8.95. The Morgan fingerprint density at radius 1 is 1.64 bits per heavy atom. The highest BCUT2D eigenvalue weighted by molar-refractivity contribution is 5.81. The second kappa shape index (κ2) is 6.41. The van der Waals surface area contributed by atoms with Gasteiger partial charge in [-0.25, -0.2) is 0 Å². The minimum atomic E-state index is -0.287. The molecule has 14 heavy (non-hydrogen) atoms. The van der Waals surface area contributed by atoms with Crippen molar-refractivity contribution in [1.29, 1.82) is 0 Å². The van der Waals surface area contributed by atoms with Gasteiger partial charge >= 0.3 is 0 Å². The molecule has 0 aromatic heterocycles. The maximum atomic E-state index is 11.4. The molecule has 0 aromatic carbocycles. The molecule has 2 N–H and O–H groups in total. The first kappa shape index (κ1) is 12.9. The van der Waals surface area contributed by atoms with Gasteiger partial charge in [0.2, 0.25) is 5.91 Å². The fourth-order valence-electron chi connectivity index (χ4n) is 0.981. The van der Waals surface area contributed by atoms with E-state index < -0.39 is 0 Å². The summed E-state index contributed by atoms with van der Waals surface area (Å²) in [7, 11) is 1.79. The first-order valence-electron chi connectivity index (χ1n) is 4.58. The van der Waals surface area contributed by atoms with Crippen molar-refractivity contribution in [1.82, 2.24) is 10.2 Å². The fourth-order valence-corrected chi connectivity index (χ4v) is 0.981. The molecule has 0 rings (SSSR count). The molecule has 0 aliphatic rings. The maximum absolute atomic E-state index is 11.4. The monoisotopic (exact) mass is 198 g/mol. The van der Waals surface area contributed by atoms with Crippen LogP contribution in [0.5, 0.6) is 0 Å². The van der Waals surface area contributed by atoms with E-state index in [1.54, 1.807) is 18.9 Å². The van der Waals surface area contributed by atoms with Crippen LogP contribution in [0.4, 0.5) is 0 Å². The molecule has 80 valence electrons. The quantitative estimate of drug-likeness (QED) is 0.582. The number of aliphatic hydroxyl groups excluding tert-OH is 1. The number of nitrogens with zero attached hydrogens (tertiary/aromatic N) is 1. The van der Waals surface area contributed by atoms with Gasteiger partial charge in [-0.1, -0.05) is 5.92 Å². The first-order valence-corrected chi connectivity index (χ1v) is 4.58. The van der Waals surface area contributed by atoms with Crippen LogP contribution in [0.15, 0.2) is 0 Å². The zero-order valence-electron chi connectivity index (χ0n) is 8.95. The summed E-state index contributed by atoms with van der Waals surface area (Å²) in [6.45, 7) is 3.90. The molecule has 2 unspecified atom stereocenters. The second-order valence-electron chi connectivity index (χ2n) is 3.29. The van der Waals surface area contributed by atoms with Crippen molar-refractivity contribution >= 4 is 5.91 Å². The van der Waals surface area contributed by atoms with Crippen LogP contribution < -0.4 is 5.32 Å². The van der Waals surface area contributed by atoms with Crippen molar-refractivity contribution < 1.29 is 9.90 Å². The number of carbonyl (C=O) groups is 1. The van der Waals surface area contributed by atoms with Gasteiger partial charge in [-0.05, 0) is 20.9 Å². The highest BCUT2D eigenvalue weighted by atomic mass is 16.3. The van der Waals surface area contributed by atoms with Crippen molar-refractivity contribution in [2.45, 2.75) is 25.9 Å². The van der Waals surface area contributed by atoms with Gasteiger partial charge in [0.05, 0.1) is 19.2 Å². The number of nitrogens with one attached hydrogen (secondary N) is 1. The van der Waals surface area contributed by atoms with E-state index >= 15 is 0 Å². The topological polar surface area (TPSA) is 52.6 Å². The first-order chi connectivity index (χ1) is 6.54. The molecule has 0 fully saturated rings. The lowest BCUT2D eigenvalue weighted by Gasteiger charge is -2.28. The van der Waals surface area contributed by atoms with Gasteiger partial charge in [-0.3, -0.25) is 9.69 Å². The Hall–Kier alpha value is -1.05. The van der Waals surface area contributed by atoms with E-state index in [0.717, 1.165) is 0 Å². The lowest BCUT2D eigenvalue weighted by atomic mass is 10.2. The van der Waals surface area contributed by atoms with E-state index in [1.165, 1.54) is 0 Å². The number of likely N-dealkylation sites (N-methyl/N-ethyl adjacent to an activating group) is 1. The number of carbonyl (C=O) groups excluding carboxylic acids is 1. The van der Waals surface area contributed by atoms with Gasteiger partial charge in [0, 0.05) is 6.04 Å². The summed E-state index contributed by atoms with van der Waals surface area (Å²) in [6, 6.07) is -0.327. The van der Waals surface area contributed by atoms with Crippen LogP contribution in [0.1, 0.15) is 13.8 Å². The Labute approximate surface area is 85.3 Å². The molecule has 4 heteroatoms. The molecule has 0 aromatic rings. The summed E-state index contributed by atoms with van der Waals surface area (Å²) < 4.78 is 0. The summed E-state index contributed by atoms with van der Waals surface area (Å²) in [4.78, 5) is 13.2. The number of terminal acetylenes is 1. The van der Waals surface area contributed by atoms with Crippen molar-refractivity contribution in [3.63, 3.8) is 0 Å². The fraction of sp³-hybridized carbons (Fsp3) is 0.700. The SMILES string of the molecule is C#CCNC(=O)C(C)N(C)C(C)CO. The highest BCUT2D eigenvalue weighted by Crippen LogP contribution is 2.01. The predicted octanol–water partition coefficient (Wildman–Crippen LogP) is -0.563. The summed E-state index contributed by atoms with van der Waals surface area (Å²) in [5.41, 5.74) is 0. The molecule has 0 radical (unpaired) electrons. The number of hydrogen-bond donors (Lipinski definition) is 2. The molecule has 4 nitrogen and oxygen atoms in total. The Morgan fingerprint density at radius 2 is 2.21 bits per heavy atom. The molecule has 2 atom stereocenters. The van der Waals surface area contributed by atoms with E-state index in [9.17, 15) is 4.79 Å². The number of amides is 1. The molecular weight excluding hydrogens is 180 g/mol. The van der Waals surface area contributed by atoms with E-state index in [2.05, 4.69) is 11.2 Å². The summed E-state index contributed by atoms with van der Waals surface area (Å²) >= 11 is 0. The van der Waals surface area contributed by atoms with E-state index in [1.807, 2.05) is 6.92 Å². The van der Waals surface area contributed by atoms with Crippen molar-refractivity contribution in [2.24, 2.45) is 0 Å². The third-order valence-electron chi connectivity index (χ3n) is 2.31. The molecule has 1 amide bonds. The molecule has 0 spiro atoms. The van der Waals surface area contributed by atoms with Crippen molar-refractivity contribution in [3.05, 3.63) is 0 Å². The lowest BCUT2D eigenvalue weighted by molar-refractivity contribution is -0.126. The van der Waals surface area contributed by atoms with E-state index in [-0.39, 0.29) is 31.1 Å². The van der Waals surface area contributed by atoms with Gasteiger partial charge in [-0.2, -0.15) is 0 Å². The number of aliphatic hydroxyl groups is 1. The van der Waals surface area contributed by atoms with Crippen LogP contribution in [-0.2, 0) is 4.79 Å². The lowest BCUT2D eigenvalue weighted by Crippen LogP contribution is -2.47. The molecule has 0 saturated carbocycles. The minimum Gasteiger partial charge on any atom is -0.395 e. The van der Waals surface area contributed by atoms with Gasteiger partial charge < -0.3 is 10.4 Å². The Balaban J connectivity index is 4.11. The Kier molecular flexibility index (Phi) is 5.93. The van der Waals surface area contributed by atoms with Crippen molar-refractivity contribution in [3.8, 4) is 12.3 Å². The van der Waals surface area contributed by atoms with Crippen LogP contribution in [0, 0.1) is 12.3 Å². The van der Waals surface area contributed by atoms with Gasteiger partial charge in [-0.15, -0.1) is 6.42 Å². The molecular formula is C10H18N2O2. The standard InChI is InChI=1S/C10H18N2O2/c1-5-6-11-10(14)9(3)12(4)8(2)7-13/h1,8-9,13H,6-7H2,2-4H3,(H,11,14). The predicted molar refractivity (Wildman–Crippen MR) is 55.6 cm³/mol. The molecule has 0 aliphatic heterocycles. The Morgan fingerprint density at radius 3 is 2.64 bits per heavy atom. The molecule has 0 bridgehead atoms. The average Bonchev–Trinajstić information content (AvgIpc) is 2.22. The van der Waals surface area contributed by atoms with Crippen LogP contribution >= 0.6 is 0 Å². The minimum absolute atomic E-state index is 0.0310. The van der Waals surface area contributed by atoms with Crippen LogP contribution in [0.25, 0.3) is 0 Å². The van der Waals surface area contributed by atoms with Crippen LogP contribution in [0.2, 0.25) is 0 Å². The summed E-state index contributed by atoms with van der Waals surface area (Å²) in [5, 5.41) is 11.5. The molecule has 0 aliphatic carbocycles.